The second-order valence-electron chi connectivity index (χ2n) is 12.5. The minimum absolute atomic E-state index is 0.102. The summed E-state index contributed by atoms with van der Waals surface area (Å²) in [5.41, 5.74) is 10.3. The molecule has 1 N–H and O–H groups in total. The monoisotopic (exact) mass is 597 g/mol. The number of nitrogens with one attached hydrogen (secondary N) is 1. The summed E-state index contributed by atoms with van der Waals surface area (Å²) in [4.78, 5) is 9.44. The van der Waals surface area contributed by atoms with Gasteiger partial charge in [-0.25, -0.2) is 0 Å². The number of nitrogens with zero attached hydrogens (tertiary/aromatic N) is 4. The van der Waals surface area contributed by atoms with E-state index >= 15 is 0 Å². The summed E-state index contributed by atoms with van der Waals surface area (Å²) in [7, 11) is 0. The minimum atomic E-state index is -0.117. The summed E-state index contributed by atoms with van der Waals surface area (Å²) in [6, 6.07) is 21.3. The van der Waals surface area contributed by atoms with Gasteiger partial charge in [-0.05, 0) is 123 Å². The van der Waals surface area contributed by atoms with Gasteiger partial charge in [0, 0.05) is 42.0 Å². The van der Waals surface area contributed by atoms with Gasteiger partial charge in [0.1, 0.15) is 0 Å². The van der Waals surface area contributed by atoms with Crippen LogP contribution in [0.2, 0.25) is 5.02 Å². The molecule has 2 aliphatic heterocycles. The van der Waals surface area contributed by atoms with Gasteiger partial charge in [-0.15, -0.1) is 0 Å². The molecule has 2 aromatic carbocycles. The SMILES string of the molecule is Cc1cc(C)cc(-n2c(C)cc([C@@H]3[C@H](c4ccccn4)NC(=S)N3c3ccc(N4C[C@@H](C)C[C@H](C)C4)c(Cl)c3)c2C)c1. The molecule has 2 aliphatic rings. The van der Waals surface area contributed by atoms with Crippen LogP contribution in [0, 0.1) is 39.5 Å². The average molecular weight is 598 g/mol. The standard InChI is InChI=1S/C35H40ClN5S/c1-21-13-22(2)16-28(15-21)40-25(5)17-29(26(40)6)34-33(31-9-7-8-12-37-31)38-35(42)41(34)27-10-11-32(30(36)18-27)39-19-23(3)14-24(4)20-39/h7-13,15-18,23-24,33-34H,14,19-20H2,1-6H3,(H,38,42)/t23-,24-,33-,34+/m0/s1. The smallest absolute Gasteiger partial charge is 0.174 e. The highest BCUT2D eigenvalue weighted by Gasteiger charge is 2.42. The van der Waals surface area contributed by atoms with Crippen molar-refractivity contribution in [3.05, 3.63) is 106 Å². The van der Waals surface area contributed by atoms with Crippen LogP contribution in [0.4, 0.5) is 11.4 Å². The minimum Gasteiger partial charge on any atom is -0.370 e. The van der Waals surface area contributed by atoms with Crippen LogP contribution in [0.5, 0.6) is 0 Å². The zero-order valence-electron chi connectivity index (χ0n) is 25.4. The summed E-state index contributed by atoms with van der Waals surface area (Å²) in [5.74, 6) is 1.30. The number of piperidine rings is 1. The first-order valence-electron chi connectivity index (χ1n) is 14.9. The van der Waals surface area contributed by atoms with Gasteiger partial charge < -0.3 is 19.7 Å². The first kappa shape index (κ1) is 28.8. The molecule has 42 heavy (non-hydrogen) atoms. The maximum absolute atomic E-state index is 7.05. The molecule has 2 saturated heterocycles. The molecule has 7 heteroatoms. The Morgan fingerprint density at radius 1 is 0.881 bits per heavy atom. The molecule has 0 unspecified atom stereocenters. The molecular formula is C35H40ClN5S. The Morgan fingerprint density at radius 2 is 1.60 bits per heavy atom. The lowest BCUT2D eigenvalue weighted by molar-refractivity contribution is 0.357. The summed E-state index contributed by atoms with van der Waals surface area (Å²) in [6.45, 7) is 15.4. The van der Waals surface area contributed by atoms with Crippen LogP contribution in [0.25, 0.3) is 5.69 Å². The molecule has 5 nitrogen and oxygen atoms in total. The van der Waals surface area contributed by atoms with Gasteiger partial charge in [-0.3, -0.25) is 4.98 Å². The number of hydrogen-bond acceptors (Lipinski definition) is 3. The van der Waals surface area contributed by atoms with Gasteiger partial charge in [0.15, 0.2) is 5.11 Å². The molecule has 4 atom stereocenters. The van der Waals surface area contributed by atoms with Crippen LogP contribution in [0.15, 0.2) is 66.9 Å². The molecule has 218 valence electrons. The second kappa shape index (κ2) is 11.4. The molecule has 6 rings (SSSR count). The fourth-order valence-electron chi connectivity index (χ4n) is 7.27. The molecular weight excluding hydrogens is 558 g/mol. The van der Waals surface area contributed by atoms with E-state index in [4.69, 9.17) is 28.8 Å². The number of halogens is 1. The Balaban J connectivity index is 1.45. The maximum Gasteiger partial charge on any atom is 0.174 e. The summed E-state index contributed by atoms with van der Waals surface area (Å²) in [6.07, 6.45) is 3.11. The number of thiocarbonyl (C=S) groups is 1. The van der Waals surface area contributed by atoms with Gasteiger partial charge >= 0.3 is 0 Å². The highest BCUT2D eigenvalue weighted by atomic mass is 35.5. The van der Waals surface area contributed by atoms with E-state index in [1.165, 1.54) is 40.2 Å². The lowest BCUT2D eigenvalue weighted by atomic mass is 9.91. The first-order chi connectivity index (χ1) is 20.1. The molecule has 0 saturated carbocycles. The zero-order chi connectivity index (χ0) is 29.7. The summed E-state index contributed by atoms with van der Waals surface area (Å²) < 4.78 is 2.36. The van der Waals surface area contributed by atoms with Crippen LogP contribution in [0.3, 0.4) is 0 Å². The van der Waals surface area contributed by atoms with Crippen LogP contribution in [-0.2, 0) is 0 Å². The first-order valence-corrected chi connectivity index (χ1v) is 15.7. The van der Waals surface area contributed by atoms with E-state index in [-0.39, 0.29) is 12.1 Å². The van der Waals surface area contributed by atoms with Gasteiger partial charge in [-0.2, -0.15) is 0 Å². The normalized spacial score (nSPS) is 22.5. The van der Waals surface area contributed by atoms with Crippen LogP contribution in [-0.4, -0.2) is 27.8 Å². The Bertz CT molecular complexity index is 1600. The van der Waals surface area contributed by atoms with E-state index in [0.29, 0.717) is 16.9 Å². The molecule has 0 aliphatic carbocycles. The number of pyridine rings is 1. The van der Waals surface area contributed by atoms with Crippen molar-refractivity contribution in [1.82, 2.24) is 14.9 Å². The average Bonchev–Trinajstić information content (AvgIpc) is 3.42. The van der Waals surface area contributed by atoms with Crippen LogP contribution < -0.4 is 15.1 Å². The van der Waals surface area contributed by atoms with E-state index in [9.17, 15) is 0 Å². The fourth-order valence-corrected chi connectivity index (χ4v) is 7.92. The van der Waals surface area contributed by atoms with Gasteiger partial charge in [0.2, 0.25) is 0 Å². The number of hydrogen-bond donors (Lipinski definition) is 1. The van der Waals surface area contributed by atoms with Crippen molar-refractivity contribution in [3.8, 4) is 5.69 Å². The molecule has 0 bridgehead atoms. The number of anilines is 2. The van der Waals surface area contributed by atoms with Gasteiger partial charge in [-0.1, -0.05) is 37.6 Å². The molecule has 2 fully saturated rings. The van der Waals surface area contributed by atoms with Gasteiger partial charge in [0.05, 0.1) is 28.5 Å². The van der Waals surface area contributed by atoms with E-state index in [1.807, 2.05) is 18.3 Å². The number of rotatable bonds is 5. The lowest BCUT2D eigenvalue weighted by Gasteiger charge is -2.37. The topological polar surface area (TPSA) is 36.3 Å². The van der Waals surface area contributed by atoms with Crippen molar-refractivity contribution in [2.24, 2.45) is 11.8 Å². The Morgan fingerprint density at radius 3 is 2.24 bits per heavy atom. The molecule has 0 amide bonds. The quantitative estimate of drug-likeness (QED) is 0.234. The van der Waals surface area contributed by atoms with Crippen molar-refractivity contribution in [1.29, 1.82) is 0 Å². The third kappa shape index (κ3) is 5.31. The predicted octanol–water partition coefficient (Wildman–Crippen LogP) is 8.42. The van der Waals surface area contributed by atoms with Crippen molar-refractivity contribution in [3.63, 3.8) is 0 Å². The molecule has 0 spiro atoms. The number of aryl methyl sites for hydroxylation is 3. The van der Waals surface area contributed by atoms with E-state index in [0.717, 1.165) is 35.2 Å². The summed E-state index contributed by atoms with van der Waals surface area (Å²) in [5, 5.41) is 5.06. The Labute approximate surface area is 260 Å². The second-order valence-corrected chi connectivity index (χ2v) is 13.3. The molecule has 2 aromatic heterocycles. The highest BCUT2D eigenvalue weighted by Crippen LogP contribution is 2.45. The number of benzene rings is 2. The van der Waals surface area contributed by atoms with E-state index < -0.39 is 0 Å². The van der Waals surface area contributed by atoms with Crippen LogP contribution >= 0.6 is 23.8 Å². The largest absolute Gasteiger partial charge is 0.370 e. The van der Waals surface area contributed by atoms with Crippen LogP contribution in [0.1, 0.15) is 66.1 Å². The Kier molecular flexibility index (Phi) is 7.79. The fraction of sp³-hybridized carbons (Fsp3) is 0.371. The van der Waals surface area contributed by atoms with Crippen molar-refractivity contribution in [2.45, 2.75) is 60.0 Å². The van der Waals surface area contributed by atoms with Crippen molar-refractivity contribution < 1.29 is 0 Å². The van der Waals surface area contributed by atoms with Gasteiger partial charge in [0.25, 0.3) is 0 Å². The predicted molar refractivity (Wildman–Crippen MR) is 179 cm³/mol. The molecule has 0 radical (unpaired) electrons. The van der Waals surface area contributed by atoms with E-state index in [2.05, 4.69) is 110 Å². The lowest BCUT2D eigenvalue weighted by Crippen LogP contribution is -2.38. The molecule has 4 heterocycles. The maximum atomic E-state index is 7.05. The zero-order valence-corrected chi connectivity index (χ0v) is 26.9. The third-order valence-corrected chi connectivity index (χ3v) is 9.39. The Hall–Kier alpha value is -3.35. The van der Waals surface area contributed by atoms with Crippen molar-refractivity contribution in [2.75, 3.05) is 22.9 Å². The highest BCUT2D eigenvalue weighted by molar-refractivity contribution is 7.80. The number of aromatic nitrogens is 2. The van der Waals surface area contributed by atoms with Crippen molar-refractivity contribution >= 4 is 40.3 Å². The summed E-state index contributed by atoms with van der Waals surface area (Å²) >= 11 is 13.1. The van der Waals surface area contributed by atoms with E-state index in [1.54, 1.807) is 0 Å². The molecule has 4 aromatic rings. The third-order valence-electron chi connectivity index (χ3n) is 8.77.